The summed E-state index contributed by atoms with van der Waals surface area (Å²) in [7, 11) is 1.70. The maximum Gasteiger partial charge on any atom is 0.207 e. The molecule has 1 N–H and O–H groups in total. The number of benzene rings is 2. The third kappa shape index (κ3) is 3.81. The zero-order valence-electron chi connectivity index (χ0n) is 16.3. The average molecular weight is 397 g/mol. The van der Waals surface area contributed by atoms with Gasteiger partial charge in [-0.2, -0.15) is 9.78 Å². The summed E-state index contributed by atoms with van der Waals surface area (Å²) in [6.45, 7) is 7.06. The van der Waals surface area contributed by atoms with Gasteiger partial charge in [0, 0.05) is 5.69 Å². The van der Waals surface area contributed by atoms with Gasteiger partial charge in [0.05, 0.1) is 39.0 Å². The third-order valence-corrected chi connectivity index (χ3v) is 5.80. The van der Waals surface area contributed by atoms with E-state index in [4.69, 9.17) is 17.0 Å². The zero-order valence-corrected chi connectivity index (χ0v) is 17.2. The monoisotopic (exact) mass is 396 g/mol. The summed E-state index contributed by atoms with van der Waals surface area (Å²) in [5, 5.41) is 4.55. The highest BCUT2D eigenvalue weighted by atomic mass is 32.1. The Morgan fingerprint density at radius 1 is 1.07 bits per heavy atom. The van der Waals surface area contributed by atoms with Crippen LogP contribution < -0.4 is 14.5 Å². The minimum absolute atomic E-state index is 0.749. The Morgan fingerprint density at radius 3 is 2.46 bits per heavy atom. The van der Waals surface area contributed by atoms with Gasteiger partial charge >= 0.3 is 0 Å². The number of para-hydroxylation sites is 1. The Hall–Kier alpha value is -2.64. The molecule has 1 fully saturated rings. The molecule has 4 rings (SSSR count). The first kappa shape index (κ1) is 18.7. The molecule has 0 atom stereocenters. The van der Waals surface area contributed by atoms with Crippen molar-refractivity contribution in [2.45, 2.75) is 13.6 Å². The zero-order chi connectivity index (χ0) is 19.5. The molecule has 6 nitrogen and oxygen atoms in total. The second kappa shape index (κ2) is 8.16. The smallest absolute Gasteiger partial charge is 0.207 e. The van der Waals surface area contributed by atoms with Gasteiger partial charge < -0.3 is 14.5 Å². The molecule has 0 aliphatic carbocycles. The van der Waals surface area contributed by atoms with Crippen LogP contribution >= 0.6 is 12.2 Å². The van der Waals surface area contributed by atoms with Gasteiger partial charge in [-0.15, -0.1) is 0 Å². The molecule has 1 aliphatic heterocycles. The van der Waals surface area contributed by atoms with Crippen molar-refractivity contribution in [3.8, 4) is 11.4 Å². The highest BCUT2D eigenvalue weighted by molar-refractivity contribution is 7.71. The van der Waals surface area contributed by atoms with Crippen LogP contribution in [0.2, 0.25) is 0 Å². The van der Waals surface area contributed by atoms with Crippen molar-refractivity contribution >= 4 is 17.9 Å². The fraction of sp³-hybridized carbons (Fsp3) is 0.333. The SMILES string of the molecule is COc1ccc(N2CC[NH+](Cn3ncn(-c4ccccc4C)c3=S)CC2)cc1. The summed E-state index contributed by atoms with van der Waals surface area (Å²) in [6, 6.07) is 16.5. The van der Waals surface area contributed by atoms with Crippen LogP contribution in [0.3, 0.4) is 0 Å². The predicted octanol–water partition coefficient (Wildman–Crippen LogP) is 2.08. The second-order valence-corrected chi connectivity index (χ2v) is 7.53. The van der Waals surface area contributed by atoms with Crippen LogP contribution in [0.5, 0.6) is 5.75 Å². The quantitative estimate of drug-likeness (QED) is 0.671. The van der Waals surface area contributed by atoms with E-state index in [-0.39, 0.29) is 0 Å². The van der Waals surface area contributed by atoms with Crippen LogP contribution in [-0.2, 0) is 6.67 Å². The van der Waals surface area contributed by atoms with Gasteiger partial charge in [-0.05, 0) is 55.0 Å². The number of piperazine rings is 1. The van der Waals surface area contributed by atoms with Crippen molar-refractivity contribution in [3.05, 3.63) is 65.2 Å². The van der Waals surface area contributed by atoms with Gasteiger partial charge in [-0.3, -0.25) is 4.57 Å². The lowest BCUT2D eigenvalue weighted by Crippen LogP contribution is -3.14. The minimum Gasteiger partial charge on any atom is -0.497 e. The number of aromatic nitrogens is 3. The van der Waals surface area contributed by atoms with Gasteiger partial charge in [0.1, 0.15) is 12.1 Å². The number of quaternary nitrogens is 1. The van der Waals surface area contributed by atoms with Crippen LogP contribution in [0.1, 0.15) is 5.56 Å². The van der Waals surface area contributed by atoms with Crippen LogP contribution in [0.4, 0.5) is 5.69 Å². The van der Waals surface area contributed by atoms with Crippen molar-refractivity contribution in [3.63, 3.8) is 0 Å². The van der Waals surface area contributed by atoms with Crippen molar-refractivity contribution in [2.75, 3.05) is 38.2 Å². The molecular formula is C21H26N5OS+. The topological polar surface area (TPSA) is 39.7 Å². The summed E-state index contributed by atoms with van der Waals surface area (Å²) < 4.78 is 9.94. The molecule has 0 amide bonds. The predicted molar refractivity (Wildman–Crippen MR) is 113 cm³/mol. The van der Waals surface area contributed by atoms with Crippen molar-refractivity contribution in [2.24, 2.45) is 0 Å². The van der Waals surface area contributed by atoms with E-state index in [9.17, 15) is 0 Å². The average Bonchev–Trinajstić information content (AvgIpc) is 3.09. The number of nitrogens with zero attached hydrogens (tertiary/aromatic N) is 4. The normalized spacial score (nSPS) is 15.0. The molecule has 7 heteroatoms. The Labute approximate surface area is 170 Å². The molecule has 2 heterocycles. The molecule has 2 aromatic carbocycles. The summed E-state index contributed by atoms with van der Waals surface area (Å²) in [5.41, 5.74) is 3.54. The number of ether oxygens (including phenoxy) is 1. The minimum atomic E-state index is 0.749. The number of hydrogen-bond acceptors (Lipinski definition) is 4. The molecule has 0 saturated carbocycles. The molecule has 28 heavy (non-hydrogen) atoms. The number of rotatable bonds is 5. The van der Waals surface area contributed by atoms with Gasteiger partial charge in [0.2, 0.25) is 4.77 Å². The van der Waals surface area contributed by atoms with Crippen molar-refractivity contribution in [1.82, 2.24) is 14.3 Å². The fourth-order valence-corrected chi connectivity index (χ4v) is 3.95. The number of nitrogens with one attached hydrogen (secondary N) is 1. The third-order valence-electron chi connectivity index (χ3n) is 5.39. The molecular weight excluding hydrogens is 370 g/mol. The number of hydrogen-bond donors (Lipinski definition) is 1. The van der Waals surface area contributed by atoms with Crippen LogP contribution in [-0.4, -0.2) is 47.6 Å². The van der Waals surface area contributed by atoms with Gasteiger partial charge in [-0.25, -0.2) is 0 Å². The second-order valence-electron chi connectivity index (χ2n) is 7.16. The van der Waals surface area contributed by atoms with E-state index in [1.165, 1.54) is 16.2 Å². The molecule has 1 aromatic heterocycles. The highest BCUT2D eigenvalue weighted by Gasteiger charge is 2.21. The lowest BCUT2D eigenvalue weighted by atomic mass is 10.2. The maximum atomic E-state index is 5.69. The number of anilines is 1. The first-order valence-corrected chi connectivity index (χ1v) is 9.99. The Bertz CT molecular complexity index is 987. The van der Waals surface area contributed by atoms with E-state index in [1.54, 1.807) is 7.11 Å². The lowest BCUT2D eigenvalue weighted by Gasteiger charge is -2.33. The highest BCUT2D eigenvalue weighted by Crippen LogP contribution is 2.19. The van der Waals surface area contributed by atoms with E-state index in [0.717, 1.165) is 49.1 Å². The van der Waals surface area contributed by atoms with Gasteiger partial charge in [-0.1, -0.05) is 18.2 Å². The van der Waals surface area contributed by atoms with Crippen LogP contribution in [0, 0.1) is 11.7 Å². The number of aryl methyl sites for hydroxylation is 1. The standard InChI is InChI=1S/C21H25N5OS/c1-17-5-3-4-6-20(17)25-15-22-26(21(25)28)16-23-11-13-24(14-12-23)18-7-9-19(27-2)10-8-18/h3-10,15H,11-14,16H2,1-2H3/p+1. The first-order valence-electron chi connectivity index (χ1n) is 9.59. The Morgan fingerprint density at radius 2 is 1.79 bits per heavy atom. The van der Waals surface area contributed by atoms with E-state index in [1.807, 2.05) is 39.8 Å². The van der Waals surface area contributed by atoms with Gasteiger partial charge in [0.15, 0.2) is 6.67 Å². The molecule has 1 aliphatic rings. The molecule has 0 radical (unpaired) electrons. The van der Waals surface area contributed by atoms with Gasteiger partial charge in [0.25, 0.3) is 0 Å². The summed E-state index contributed by atoms with van der Waals surface area (Å²) in [4.78, 5) is 3.92. The molecule has 0 spiro atoms. The summed E-state index contributed by atoms with van der Waals surface area (Å²) in [6.07, 6.45) is 1.83. The van der Waals surface area contributed by atoms with Crippen LogP contribution in [0.15, 0.2) is 54.9 Å². The molecule has 1 saturated heterocycles. The van der Waals surface area contributed by atoms with E-state index >= 15 is 0 Å². The summed E-state index contributed by atoms with van der Waals surface area (Å²) >= 11 is 5.69. The van der Waals surface area contributed by atoms with Crippen LogP contribution in [0.25, 0.3) is 5.69 Å². The van der Waals surface area contributed by atoms with E-state index in [0.29, 0.717) is 0 Å². The summed E-state index contributed by atoms with van der Waals surface area (Å²) in [5.74, 6) is 0.895. The molecule has 0 bridgehead atoms. The van der Waals surface area contributed by atoms with Crippen molar-refractivity contribution in [1.29, 1.82) is 0 Å². The fourth-order valence-electron chi connectivity index (χ4n) is 3.69. The largest absolute Gasteiger partial charge is 0.497 e. The Kier molecular flexibility index (Phi) is 5.45. The van der Waals surface area contributed by atoms with E-state index < -0.39 is 0 Å². The molecule has 3 aromatic rings. The molecule has 0 unspecified atom stereocenters. The molecule has 146 valence electrons. The first-order chi connectivity index (χ1) is 13.7. The maximum absolute atomic E-state index is 5.69. The van der Waals surface area contributed by atoms with E-state index in [2.05, 4.69) is 41.2 Å². The number of methoxy groups -OCH3 is 1. The lowest BCUT2D eigenvalue weighted by molar-refractivity contribution is -0.924. The Balaban J connectivity index is 1.40. The van der Waals surface area contributed by atoms with Crippen molar-refractivity contribution < 1.29 is 9.64 Å².